The summed E-state index contributed by atoms with van der Waals surface area (Å²) in [5.41, 5.74) is 2.30. The van der Waals surface area contributed by atoms with Crippen LogP contribution in [0.2, 0.25) is 5.02 Å². The van der Waals surface area contributed by atoms with Gasteiger partial charge in [0.2, 0.25) is 0 Å². The molecule has 1 aliphatic rings. The average molecular weight is 319 g/mol. The number of rotatable bonds is 2. The van der Waals surface area contributed by atoms with Crippen LogP contribution in [0.1, 0.15) is 22.8 Å². The van der Waals surface area contributed by atoms with E-state index in [1.165, 1.54) is 6.07 Å². The summed E-state index contributed by atoms with van der Waals surface area (Å²) < 4.78 is 19.3. The molecule has 0 bridgehead atoms. The minimum Gasteiger partial charge on any atom is -0.485 e. The summed E-state index contributed by atoms with van der Waals surface area (Å²) in [6, 6.07) is 10.1. The van der Waals surface area contributed by atoms with Crippen LogP contribution in [0.25, 0.3) is 0 Å². The van der Waals surface area contributed by atoms with Crippen molar-refractivity contribution in [2.75, 3.05) is 0 Å². The molecule has 1 aliphatic heterocycles. The van der Waals surface area contributed by atoms with Crippen LogP contribution in [-0.4, -0.2) is 5.84 Å². The number of ether oxygens (including phenoxy) is 1. The Bertz CT molecular complexity index is 747. The molecule has 0 fully saturated rings. The van der Waals surface area contributed by atoms with E-state index in [0.29, 0.717) is 17.7 Å². The molecular formula is C15H12ClFN4O. The number of amidine groups is 1. The Morgan fingerprint density at radius 1 is 1.36 bits per heavy atom. The van der Waals surface area contributed by atoms with Gasteiger partial charge in [-0.15, -0.1) is 5.11 Å². The minimum atomic E-state index is -0.500. The summed E-state index contributed by atoms with van der Waals surface area (Å²) in [4.78, 5) is 0. The Morgan fingerprint density at radius 2 is 2.18 bits per heavy atom. The predicted octanol–water partition coefficient (Wildman–Crippen LogP) is 3.81. The topological polar surface area (TPSA) is 83.8 Å². The van der Waals surface area contributed by atoms with E-state index in [9.17, 15) is 4.39 Å². The average Bonchev–Trinajstić information content (AvgIpc) is 2.91. The molecule has 0 amide bonds. The van der Waals surface area contributed by atoms with Crippen LogP contribution in [-0.2, 0) is 6.42 Å². The molecular weight excluding hydrogens is 307 g/mol. The summed E-state index contributed by atoms with van der Waals surface area (Å²) in [5, 5.41) is 14.4. The highest BCUT2D eigenvalue weighted by atomic mass is 35.5. The number of hydrogen-bond acceptors (Lipinski definition) is 3. The molecule has 22 heavy (non-hydrogen) atoms. The van der Waals surface area contributed by atoms with Crippen molar-refractivity contribution in [3.8, 4) is 5.75 Å². The number of fused-ring (bicyclic) bond motifs is 1. The molecule has 5 nitrogen and oxygen atoms in total. The van der Waals surface area contributed by atoms with Crippen LogP contribution in [0, 0.1) is 11.2 Å². The molecule has 2 aromatic carbocycles. The van der Waals surface area contributed by atoms with Crippen molar-refractivity contribution in [2.24, 2.45) is 16.2 Å². The molecule has 3 N–H and O–H groups in total. The lowest BCUT2D eigenvalue weighted by atomic mass is 10.0. The molecule has 0 saturated carbocycles. The summed E-state index contributed by atoms with van der Waals surface area (Å²) in [7, 11) is 0. The standard InChI is InChI=1S/C15H12ClFN4O/c16-11-5-10-6-13(22-14(10)7-12(11)17)8-2-1-3-9(4-8)15(18)20-21-19/h1-5,7,13H,6H2,(H3,18,19,20)/t13-/m0/s1. The molecule has 0 aliphatic carbocycles. The van der Waals surface area contributed by atoms with Crippen molar-refractivity contribution in [2.45, 2.75) is 12.5 Å². The van der Waals surface area contributed by atoms with Gasteiger partial charge in [0.15, 0.2) is 5.84 Å². The number of hydrogen-bond donors (Lipinski definition) is 2. The second kappa shape index (κ2) is 5.73. The molecule has 0 spiro atoms. The van der Waals surface area contributed by atoms with Crippen LogP contribution in [0.15, 0.2) is 46.7 Å². The van der Waals surface area contributed by atoms with E-state index in [-0.39, 0.29) is 17.0 Å². The third-order valence-corrected chi connectivity index (χ3v) is 3.76. The fourth-order valence-corrected chi connectivity index (χ4v) is 2.61. The fraction of sp³-hybridized carbons (Fsp3) is 0.133. The van der Waals surface area contributed by atoms with E-state index in [2.05, 4.69) is 10.3 Å². The second-order valence-electron chi connectivity index (χ2n) is 4.87. The highest BCUT2D eigenvalue weighted by Crippen LogP contribution is 2.39. The molecule has 7 heteroatoms. The van der Waals surface area contributed by atoms with E-state index in [0.717, 1.165) is 11.1 Å². The Morgan fingerprint density at radius 3 is 2.95 bits per heavy atom. The van der Waals surface area contributed by atoms with E-state index < -0.39 is 5.82 Å². The van der Waals surface area contributed by atoms with E-state index >= 15 is 0 Å². The quantitative estimate of drug-likeness (QED) is 0.290. The molecule has 0 unspecified atom stereocenters. The van der Waals surface area contributed by atoms with E-state index in [1.807, 2.05) is 6.07 Å². The SMILES string of the molecule is N=C(N=NN)c1cccc([C@@H]2Cc3cc(Cl)c(F)cc3O2)c1. The van der Waals surface area contributed by atoms with Crippen molar-refractivity contribution >= 4 is 17.4 Å². The van der Waals surface area contributed by atoms with Crippen LogP contribution in [0.3, 0.4) is 0 Å². The van der Waals surface area contributed by atoms with Gasteiger partial charge in [-0.05, 0) is 23.3 Å². The van der Waals surface area contributed by atoms with E-state index in [1.54, 1.807) is 24.3 Å². The third-order valence-electron chi connectivity index (χ3n) is 3.47. The summed E-state index contributed by atoms with van der Waals surface area (Å²) in [6.07, 6.45) is 0.334. The van der Waals surface area contributed by atoms with Crippen molar-refractivity contribution in [1.29, 1.82) is 5.41 Å². The number of nitrogens with two attached hydrogens (primary N) is 1. The van der Waals surface area contributed by atoms with E-state index in [4.69, 9.17) is 27.6 Å². The summed E-state index contributed by atoms with van der Waals surface area (Å²) >= 11 is 5.79. The summed E-state index contributed by atoms with van der Waals surface area (Å²) in [6.45, 7) is 0. The maximum Gasteiger partial charge on any atom is 0.176 e. The number of nitrogens with one attached hydrogen (secondary N) is 1. The lowest BCUT2D eigenvalue weighted by molar-refractivity contribution is 0.238. The van der Waals surface area contributed by atoms with Gasteiger partial charge in [-0.1, -0.05) is 35.0 Å². The molecule has 3 rings (SSSR count). The third kappa shape index (κ3) is 2.65. The number of benzene rings is 2. The normalized spacial score (nSPS) is 16.5. The van der Waals surface area contributed by atoms with Crippen molar-refractivity contribution in [3.63, 3.8) is 0 Å². The first-order valence-corrected chi connectivity index (χ1v) is 6.90. The molecule has 0 radical (unpaired) electrons. The summed E-state index contributed by atoms with van der Waals surface area (Å²) in [5.74, 6) is 4.92. The second-order valence-corrected chi connectivity index (χ2v) is 5.28. The zero-order valence-electron chi connectivity index (χ0n) is 11.4. The Labute approximate surface area is 131 Å². The molecule has 0 saturated heterocycles. The highest BCUT2D eigenvalue weighted by molar-refractivity contribution is 6.30. The zero-order chi connectivity index (χ0) is 15.7. The Balaban J connectivity index is 1.88. The predicted molar refractivity (Wildman–Crippen MR) is 80.8 cm³/mol. The van der Waals surface area contributed by atoms with Gasteiger partial charge >= 0.3 is 0 Å². The van der Waals surface area contributed by atoms with Gasteiger partial charge in [0.05, 0.1) is 5.02 Å². The van der Waals surface area contributed by atoms with Crippen LogP contribution in [0.5, 0.6) is 5.75 Å². The van der Waals surface area contributed by atoms with Gasteiger partial charge in [-0.2, -0.15) is 0 Å². The first kappa shape index (κ1) is 14.5. The maximum atomic E-state index is 13.5. The lowest BCUT2D eigenvalue weighted by Gasteiger charge is -2.12. The van der Waals surface area contributed by atoms with Crippen LogP contribution in [0.4, 0.5) is 4.39 Å². The molecule has 0 aromatic heterocycles. The van der Waals surface area contributed by atoms with Gasteiger partial charge < -0.3 is 10.6 Å². The Hall–Kier alpha value is -2.47. The van der Waals surface area contributed by atoms with Gasteiger partial charge in [-0.3, -0.25) is 5.41 Å². The van der Waals surface area contributed by atoms with Crippen LogP contribution < -0.4 is 10.6 Å². The van der Waals surface area contributed by atoms with Crippen molar-refractivity contribution < 1.29 is 9.13 Å². The first-order chi connectivity index (χ1) is 10.6. The minimum absolute atomic E-state index is 0.0334. The number of halogens is 2. The van der Waals surface area contributed by atoms with Crippen molar-refractivity contribution in [1.82, 2.24) is 0 Å². The Kier molecular flexibility index (Phi) is 3.77. The first-order valence-electron chi connectivity index (χ1n) is 6.53. The highest BCUT2D eigenvalue weighted by Gasteiger charge is 2.26. The largest absolute Gasteiger partial charge is 0.485 e. The van der Waals surface area contributed by atoms with Gasteiger partial charge in [-0.25, -0.2) is 4.39 Å². The number of nitrogens with zero attached hydrogens (tertiary/aromatic N) is 2. The fourth-order valence-electron chi connectivity index (χ4n) is 2.42. The van der Waals surface area contributed by atoms with Gasteiger partial charge in [0.25, 0.3) is 0 Å². The van der Waals surface area contributed by atoms with Crippen LogP contribution >= 0.6 is 11.6 Å². The van der Waals surface area contributed by atoms with Gasteiger partial charge in [0.1, 0.15) is 17.7 Å². The monoisotopic (exact) mass is 318 g/mol. The molecule has 1 atom stereocenters. The zero-order valence-corrected chi connectivity index (χ0v) is 12.1. The molecule has 1 heterocycles. The molecule has 2 aromatic rings. The lowest BCUT2D eigenvalue weighted by Crippen LogP contribution is -2.05. The molecule has 112 valence electrons. The van der Waals surface area contributed by atoms with Crippen molar-refractivity contribution in [3.05, 3.63) is 63.9 Å². The smallest absolute Gasteiger partial charge is 0.176 e. The maximum absolute atomic E-state index is 13.5. The van der Waals surface area contributed by atoms with Gasteiger partial charge in [0, 0.05) is 18.1 Å².